The van der Waals surface area contributed by atoms with Gasteiger partial charge >= 0.3 is 5.97 Å². The van der Waals surface area contributed by atoms with Crippen molar-refractivity contribution in [3.63, 3.8) is 0 Å². The minimum atomic E-state index is -0.546. The molecule has 0 aliphatic rings. The van der Waals surface area contributed by atoms with Crippen molar-refractivity contribution in [2.75, 3.05) is 24.3 Å². The van der Waals surface area contributed by atoms with Crippen LogP contribution in [0.5, 0.6) is 0 Å². The van der Waals surface area contributed by atoms with E-state index < -0.39 is 5.97 Å². The minimum absolute atomic E-state index is 0.351. The van der Waals surface area contributed by atoms with E-state index in [0.29, 0.717) is 16.9 Å². The molecule has 0 saturated carbocycles. The number of hydrogen-bond acceptors (Lipinski definition) is 5. The van der Waals surface area contributed by atoms with Gasteiger partial charge in [-0.25, -0.2) is 4.79 Å². The number of nitrogens with one attached hydrogen (secondary N) is 2. The normalized spacial score (nSPS) is 10.4. The number of hydrogen-bond donors (Lipinski definition) is 2. The molecule has 0 aliphatic heterocycles. The van der Waals surface area contributed by atoms with Crippen molar-refractivity contribution >= 4 is 35.0 Å². The van der Waals surface area contributed by atoms with E-state index in [9.17, 15) is 9.59 Å². The third kappa shape index (κ3) is 5.64. The predicted octanol–water partition coefficient (Wildman–Crippen LogP) is 5.29. The molecule has 154 valence electrons. The Morgan fingerprint density at radius 2 is 1.70 bits per heavy atom. The topological polar surface area (TPSA) is 67.4 Å². The molecule has 2 N–H and O–H groups in total. The van der Waals surface area contributed by atoms with Crippen molar-refractivity contribution < 1.29 is 14.3 Å². The van der Waals surface area contributed by atoms with Gasteiger partial charge in [-0.1, -0.05) is 36.0 Å². The summed E-state index contributed by atoms with van der Waals surface area (Å²) in [5.41, 5.74) is 4.14. The molecule has 0 unspecified atom stereocenters. The molecule has 30 heavy (non-hydrogen) atoms. The number of esters is 1. The molecule has 0 fully saturated rings. The van der Waals surface area contributed by atoms with Crippen LogP contribution in [0.15, 0.2) is 76.5 Å². The zero-order valence-corrected chi connectivity index (χ0v) is 18.0. The molecule has 3 aromatic carbocycles. The van der Waals surface area contributed by atoms with Crippen LogP contribution >= 0.6 is 11.8 Å². The van der Waals surface area contributed by atoms with Gasteiger partial charge in [0.15, 0.2) is 6.61 Å². The van der Waals surface area contributed by atoms with Crippen LogP contribution in [0.4, 0.5) is 11.4 Å². The van der Waals surface area contributed by atoms with Gasteiger partial charge in [-0.2, -0.15) is 0 Å². The summed E-state index contributed by atoms with van der Waals surface area (Å²) in [5, 5.41) is 5.68. The second kappa shape index (κ2) is 9.98. The van der Waals surface area contributed by atoms with Crippen LogP contribution in [-0.4, -0.2) is 25.5 Å². The number of carbonyl (C=O) groups excluding carboxylic acids is 2. The lowest BCUT2D eigenvalue weighted by atomic mass is 10.2. The fourth-order valence-corrected chi connectivity index (χ4v) is 3.84. The number of rotatable bonds is 7. The number of anilines is 2. The molecule has 3 aromatic rings. The maximum absolute atomic E-state index is 12.2. The number of amides is 1. The van der Waals surface area contributed by atoms with Crippen LogP contribution in [-0.2, 0) is 9.53 Å². The minimum Gasteiger partial charge on any atom is -0.452 e. The predicted molar refractivity (Wildman–Crippen MR) is 121 cm³/mol. The Balaban J connectivity index is 1.54. The summed E-state index contributed by atoms with van der Waals surface area (Å²) in [6.45, 7) is 3.81. The lowest BCUT2D eigenvalue weighted by Crippen LogP contribution is -2.21. The summed E-state index contributed by atoms with van der Waals surface area (Å²) in [5.74, 6) is -0.935. The van der Waals surface area contributed by atoms with E-state index in [1.807, 2.05) is 30.3 Å². The monoisotopic (exact) mass is 420 g/mol. The largest absolute Gasteiger partial charge is 0.452 e. The molecule has 6 heteroatoms. The van der Waals surface area contributed by atoms with Gasteiger partial charge in [0, 0.05) is 28.2 Å². The lowest BCUT2D eigenvalue weighted by molar-refractivity contribution is -0.119. The Hall–Kier alpha value is -3.25. The van der Waals surface area contributed by atoms with Crippen molar-refractivity contribution in [3.8, 4) is 0 Å². The first-order valence-corrected chi connectivity index (χ1v) is 10.4. The van der Waals surface area contributed by atoms with Gasteiger partial charge in [-0.3, -0.25) is 4.79 Å². The van der Waals surface area contributed by atoms with Gasteiger partial charge in [0.05, 0.1) is 5.56 Å². The first-order chi connectivity index (χ1) is 14.5. The Kier molecular flexibility index (Phi) is 7.14. The summed E-state index contributed by atoms with van der Waals surface area (Å²) in [7, 11) is 1.72. The Bertz CT molecular complexity index is 1050. The maximum atomic E-state index is 12.2. The highest BCUT2D eigenvalue weighted by Crippen LogP contribution is 2.31. The number of benzene rings is 3. The van der Waals surface area contributed by atoms with Crippen LogP contribution in [0.1, 0.15) is 21.5 Å². The van der Waals surface area contributed by atoms with E-state index in [4.69, 9.17) is 4.74 Å². The molecule has 0 aliphatic carbocycles. The molecule has 0 atom stereocenters. The average molecular weight is 421 g/mol. The smallest absolute Gasteiger partial charge is 0.340 e. The summed E-state index contributed by atoms with van der Waals surface area (Å²) in [4.78, 5) is 26.6. The molecule has 0 aromatic heterocycles. The number of para-hydroxylation sites is 1. The average Bonchev–Trinajstić information content (AvgIpc) is 2.76. The van der Waals surface area contributed by atoms with Gasteiger partial charge < -0.3 is 15.4 Å². The van der Waals surface area contributed by atoms with E-state index in [0.717, 1.165) is 4.90 Å². The van der Waals surface area contributed by atoms with Gasteiger partial charge in [0.2, 0.25) is 0 Å². The summed E-state index contributed by atoms with van der Waals surface area (Å²) in [6.07, 6.45) is 0. The van der Waals surface area contributed by atoms with E-state index in [-0.39, 0.29) is 12.5 Å². The van der Waals surface area contributed by atoms with Crippen LogP contribution in [0, 0.1) is 13.8 Å². The summed E-state index contributed by atoms with van der Waals surface area (Å²) < 4.78 is 5.14. The van der Waals surface area contributed by atoms with Gasteiger partial charge in [-0.15, -0.1) is 0 Å². The van der Waals surface area contributed by atoms with Crippen molar-refractivity contribution in [1.82, 2.24) is 0 Å². The number of ether oxygens (including phenoxy) is 1. The van der Waals surface area contributed by atoms with Crippen LogP contribution in [0.2, 0.25) is 0 Å². The van der Waals surface area contributed by atoms with Crippen molar-refractivity contribution in [2.45, 2.75) is 23.6 Å². The molecular formula is C24H24N2O3S. The van der Waals surface area contributed by atoms with Crippen molar-refractivity contribution in [3.05, 3.63) is 83.4 Å². The molecule has 0 bridgehead atoms. The Morgan fingerprint density at radius 1 is 0.967 bits per heavy atom. The molecule has 0 saturated heterocycles. The lowest BCUT2D eigenvalue weighted by Gasteiger charge is -2.10. The molecule has 0 heterocycles. The highest BCUT2D eigenvalue weighted by atomic mass is 32.2. The number of aryl methyl sites for hydroxylation is 2. The van der Waals surface area contributed by atoms with Gasteiger partial charge in [0.1, 0.15) is 0 Å². The van der Waals surface area contributed by atoms with Gasteiger partial charge in [-0.05, 0) is 67.4 Å². The molecular weight excluding hydrogens is 396 g/mol. The molecule has 1 amide bonds. The first kappa shape index (κ1) is 21.5. The van der Waals surface area contributed by atoms with E-state index >= 15 is 0 Å². The third-order valence-electron chi connectivity index (χ3n) is 4.46. The van der Waals surface area contributed by atoms with E-state index in [2.05, 4.69) is 42.7 Å². The Labute approximate surface area is 180 Å². The maximum Gasteiger partial charge on any atom is 0.340 e. The van der Waals surface area contributed by atoms with E-state index in [1.165, 1.54) is 16.0 Å². The second-order valence-electron chi connectivity index (χ2n) is 6.82. The standard InChI is InChI=1S/C24H24N2O3S/c1-16-8-9-17(2)22(14-16)30-19-12-10-18(11-13-19)26-23(27)15-29-24(28)20-6-4-5-7-21(20)25-3/h4-14,25H,15H2,1-3H3,(H,26,27). The zero-order chi connectivity index (χ0) is 21.5. The van der Waals surface area contributed by atoms with Crippen molar-refractivity contribution in [2.24, 2.45) is 0 Å². The highest BCUT2D eigenvalue weighted by Gasteiger charge is 2.13. The van der Waals surface area contributed by atoms with Crippen LogP contribution in [0.25, 0.3) is 0 Å². The second-order valence-corrected chi connectivity index (χ2v) is 7.93. The summed E-state index contributed by atoms with van der Waals surface area (Å²) in [6, 6.07) is 20.9. The molecule has 0 radical (unpaired) electrons. The van der Waals surface area contributed by atoms with E-state index in [1.54, 1.807) is 37.0 Å². The quantitative estimate of drug-likeness (QED) is 0.508. The van der Waals surface area contributed by atoms with Crippen molar-refractivity contribution in [1.29, 1.82) is 0 Å². The molecule has 3 rings (SSSR count). The fourth-order valence-electron chi connectivity index (χ4n) is 2.84. The summed E-state index contributed by atoms with van der Waals surface area (Å²) >= 11 is 1.68. The molecule has 5 nitrogen and oxygen atoms in total. The zero-order valence-electron chi connectivity index (χ0n) is 17.2. The van der Waals surface area contributed by atoms with Crippen LogP contribution in [0.3, 0.4) is 0 Å². The van der Waals surface area contributed by atoms with Crippen LogP contribution < -0.4 is 10.6 Å². The fraction of sp³-hybridized carbons (Fsp3) is 0.167. The SMILES string of the molecule is CNc1ccccc1C(=O)OCC(=O)Nc1ccc(Sc2cc(C)ccc2C)cc1. The number of carbonyl (C=O) groups is 2. The molecule has 0 spiro atoms. The first-order valence-electron chi connectivity index (χ1n) is 9.55. The third-order valence-corrected chi connectivity index (χ3v) is 5.63. The van der Waals surface area contributed by atoms with Gasteiger partial charge in [0.25, 0.3) is 5.91 Å². The Morgan fingerprint density at radius 3 is 2.43 bits per heavy atom. The highest BCUT2D eigenvalue weighted by molar-refractivity contribution is 7.99.